The van der Waals surface area contributed by atoms with Gasteiger partial charge in [-0.25, -0.2) is 18.0 Å². The Labute approximate surface area is 309 Å². The molecule has 6 amide bonds. The van der Waals surface area contributed by atoms with Gasteiger partial charge in [-0.05, 0) is 86.1 Å². The maximum Gasteiger partial charge on any atom is 0.407 e. The van der Waals surface area contributed by atoms with Crippen LogP contribution in [0.25, 0.3) is 0 Å². The summed E-state index contributed by atoms with van der Waals surface area (Å²) >= 11 is 0. The Balaban J connectivity index is 1.38. The number of sulfone groups is 1. The van der Waals surface area contributed by atoms with Crippen LogP contribution in [0.4, 0.5) is 21.0 Å². The fourth-order valence-electron chi connectivity index (χ4n) is 6.38. The Kier molecular flexibility index (Phi) is 13.4. The third-order valence-corrected chi connectivity index (χ3v) is 11.1. The Morgan fingerprint density at radius 3 is 1.26 bits per heavy atom. The predicted molar refractivity (Wildman–Crippen MR) is 193 cm³/mol. The molecule has 2 aliphatic rings. The first-order valence-corrected chi connectivity index (χ1v) is 18.9. The van der Waals surface area contributed by atoms with Crippen LogP contribution in [0.3, 0.4) is 0 Å². The van der Waals surface area contributed by atoms with Gasteiger partial charge in [-0.15, -0.1) is 0 Å². The molecule has 2 fully saturated rings. The molecule has 2 aromatic rings. The molecule has 4 atom stereocenters. The molecule has 288 valence electrons. The van der Waals surface area contributed by atoms with E-state index in [0.29, 0.717) is 50.1 Å². The molecule has 0 aromatic heterocycles. The second kappa shape index (κ2) is 17.6. The van der Waals surface area contributed by atoms with E-state index in [4.69, 9.17) is 0 Å². The van der Waals surface area contributed by atoms with E-state index < -0.39 is 69.8 Å². The number of carbonyl (C=O) groups excluding carboxylic acids is 6. The molecule has 2 aromatic carbocycles. The zero-order valence-corrected chi connectivity index (χ0v) is 31.5. The van der Waals surface area contributed by atoms with Gasteiger partial charge in [-0.1, -0.05) is 27.7 Å². The summed E-state index contributed by atoms with van der Waals surface area (Å²) in [5.74, 6) is -2.17. The van der Waals surface area contributed by atoms with Gasteiger partial charge in [0.1, 0.15) is 24.2 Å². The van der Waals surface area contributed by atoms with Gasteiger partial charge in [-0.2, -0.15) is 0 Å². The van der Waals surface area contributed by atoms with Gasteiger partial charge in [0.15, 0.2) is 0 Å². The van der Waals surface area contributed by atoms with Gasteiger partial charge < -0.3 is 40.5 Å². The van der Waals surface area contributed by atoms with Gasteiger partial charge in [0, 0.05) is 24.5 Å². The molecule has 2 saturated heterocycles. The van der Waals surface area contributed by atoms with Crippen LogP contribution in [0.1, 0.15) is 53.4 Å². The van der Waals surface area contributed by atoms with Gasteiger partial charge in [-0.3, -0.25) is 19.2 Å². The number of hydrogen-bond acceptors (Lipinski definition) is 10. The molecule has 0 spiro atoms. The van der Waals surface area contributed by atoms with Crippen LogP contribution in [0, 0.1) is 11.8 Å². The van der Waals surface area contributed by atoms with Gasteiger partial charge in [0.2, 0.25) is 33.5 Å². The number of carbonyl (C=O) groups is 6. The smallest absolute Gasteiger partial charge is 0.407 e. The van der Waals surface area contributed by atoms with Crippen molar-refractivity contribution in [1.82, 2.24) is 20.4 Å². The van der Waals surface area contributed by atoms with Crippen molar-refractivity contribution in [2.75, 3.05) is 37.9 Å². The largest absolute Gasteiger partial charge is 0.453 e. The van der Waals surface area contributed by atoms with Crippen LogP contribution in [0.2, 0.25) is 0 Å². The minimum atomic E-state index is -3.98. The van der Waals surface area contributed by atoms with Crippen molar-refractivity contribution in [1.29, 1.82) is 0 Å². The fraction of sp³-hybridized carbons (Fsp3) is 0.500. The molecule has 2 heterocycles. The number of likely N-dealkylation sites (tertiary alicyclic amines) is 2. The molecular formula is C36H48N6O10S. The molecule has 0 aliphatic carbocycles. The van der Waals surface area contributed by atoms with Gasteiger partial charge in [0.25, 0.3) is 0 Å². The summed E-state index contributed by atoms with van der Waals surface area (Å²) in [5.41, 5.74) is 0.666. The number of rotatable bonds is 12. The summed E-state index contributed by atoms with van der Waals surface area (Å²) in [5, 5.41) is 10.6. The SMILES string of the molecule is COC(=O)N[C@H](C(=O)N1CCC[C@H]1C(=O)Nc1ccc(S(=O)(=O)c2ccc(NC(=O)[C@@H]3CCCN3C(=O)[C@@H](NC(=O)OC)C(C)C)cc2)cc1)C(C)C. The Hall–Kier alpha value is -5.19. The number of nitrogens with one attached hydrogen (secondary N) is 4. The summed E-state index contributed by atoms with van der Waals surface area (Å²) < 4.78 is 36.2. The van der Waals surface area contributed by atoms with E-state index in [1.807, 2.05) is 0 Å². The molecule has 53 heavy (non-hydrogen) atoms. The molecule has 0 unspecified atom stereocenters. The number of benzene rings is 2. The van der Waals surface area contributed by atoms with E-state index in [0.717, 1.165) is 0 Å². The normalized spacial score (nSPS) is 18.3. The lowest BCUT2D eigenvalue weighted by atomic mass is 10.0. The average Bonchev–Trinajstić information content (AvgIpc) is 3.83. The maximum absolute atomic E-state index is 13.4. The Morgan fingerprint density at radius 1 is 0.623 bits per heavy atom. The summed E-state index contributed by atoms with van der Waals surface area (Å²) in [6.07, 6.45) is 0.550. The second-order valence-corrected chi connectivity index (χ2v) is 15.6. The number of hydrogen-bond donors (Lipinski definition) is 4. The second-order valence-electron chi connectivity index (χ2n) is 13.6. The number of nitrogens with zero attached hydrogens (tertiary/aromatic N) is 2. The predicted octanol–water partition coefficient (Wildman–Crippen LogP) is 3.14. The average molecular weight is 757 g/mol. The van der Waals surface area contributed by atoms with Gasteiger partial charge >= 0.3 is 12.2 Å². The topological polar surface area (TPSA) is 210 Å². The van der Waals surface area contributed by atoms with E-state index >= 15 is 0 Å². The molecular weight excluding hydrogens is 708 g/mol. The zero-order chi connectivity index (χ0) is 39.0. The van der Waals surface area contributed by atoms with Crippen molar-refractivity contribution in [3.05, 3.63) is 48.5 Å². The molecule has 4 N–H and O–H groups in total. The van der Waals surface area contributed by atoms with E-state index in [2.05, 4.69) is 30.7 Å². The first-order valence-electron chi connectivity index (χ1n) is 17.5. The highest BCUT2D eigenvalue weighted by Gasteiger charge is 2.40. The van der Waals surface area contributed by atoms with Crippen molar-refractivity contribution in [2.45, 2.75) is 87.3 Å². The minimum absolute atomic E-state index is 0.0287. The van der Waals surface area contributed by atoms with Crippen molar-refractivity contribution in [2.24, 2.45) is 11.8 Å². The monoisotopic (exact) mass is 756 g/mol. The van der Waals surface area contributed by atoms with E-state index in [1.165, 1.54) is 72.6 Å². The van der Waals surface area contributed by atoms with Crippen LogP contribution in [-0.2, 0) is 38.5 Å². The third-order valence-electron chi connectivity index (χ3n) is 9.32. The highest BCUT2D eigenvalue weighted by molar-refractivity contribution is 7.91. The van der Waals surface area contributed by atoms with Crippen molar-refractivity contribution in [3.8, 4) is 0 Å². The Morgan fingerprint density at radius 2 is 0.962 bits per heavy atom. The van der Waals surface area contributed by atoms with Crippen LogP contribution in [0.15, 0.2) is 58.3 Å². The standard InChI is InChI=1S/C36H48N6O10S/c1-21(2)29(39-35(47)51-5)33(45)41-19-7-9-27(41)31(43)37-23-11-15-25(16-12-23)53(49,50)26-17-13-24(14-18-26)38-32(44)28-10-8-20-42(28)34(46)30(22(3)4)40-36(48)52-6/h11-18,21-22,27-30H,7-10,19-20H2,1-6H3,(H,37,43)(H,38,44)(H,39,47)(H,40,48)/t27-,28-,29-,30-/m0/s1. The highest BCUT2D eigenvalue weighted by Crippen LogP contribution is 2.27. The lowest BCUT2D eigenvalue weighted by Gasteiger charge is -2.30. The van der Waals surface area contributed by atoms with E-state index in [-0.39, 0.29) is 21.6 Å². The maximum atomic E-state index is 13.4. The number of amides is 6. The zero-order valence-electron chi connectivity index (χ0n) is 30.7. The lowest BCUT2D eigenvalue weighted by molar-refractivity contribution is -0.139. The number of ether oxygens (including phenoxy) is 2. The molecule has 0 radical (unpaired) electrons. The summed E-state index contributed by atoms with van der Waals surface area (Å²) in [4.78, 5) is 79.6. The number of anilines is 2. The first kappa shape index (κ1) is 40.6. The van der Waals surface area contributed by atoms with Crippen molar-refractivity contribution in [3.63, 3.8) is 0 Å². The minimum Gasteiger partial charge on any atom is -0.453 e. The van der Waals surface area contributed by atoms with Crippen LogP contribution >= 0.6 is 0 Å². The molecule has 0 bridgehead atoms. The van der Waals surface area contributed by atoms with Crippen LogP contribution < -0.4 is 21.3 Å². The van der Waals surface area contributed by atoms with E-state index in [9.17, 15) is 37.2 Å². The molecule has 2 aliphatic heterocycles. The Bertz CT molecular complexity index is 1660. The van der Waals surface area contributed by atoms with Crippen LogP contribution in [0.5, 0.6) is 0 Å². The summed E-state index contributed by atoms with van der Waals surface area (Å²) in [7, 11) is -1.58. The number of methoxy groups -OCH3 is 2. The first-order chi connectivity index (χ1) is 25.1. The molecule has 0 saturated carbocycles. The van der Waals surface area contributed by atoms with Crippen LogP contribution in [-0.4, -0.2) is 106 Å². The quantitative estimate of drug-likeness (QED) is 0.249. The van der Waals surface area contributed by atoms with Gasteiger partial charge in [0.05, 0.1) is 24.0 Å². The summed E-state index contributed by atoms with van der Waals surface area (Å²) in [6.45, 7) is 7.79. The lowest BCUT2D eigenvalue weighted by Crippen LogP contribution is -2.54. The number of alkyl carbamates (subject to hydrolysis) is 2. The van der Waals surface area contributed by atoms with Crippen molar-refractivity contribution >= 4 is 57.0 Å². The highest BCUT2D eigenvalue weighted by atomic mass is 32.2. The fourth-order valence-corrected chi connectivity index (χ4v) is 7.65. The summed E-state index contributed by atoms with van der Waals surface area (Å²) in [6, 6.07) is 7.95. The molecule has 16 nitrogen and oxygen atoms in total. The third kappa shape index (κ3) is 9.63. The molecule has 4 rings (SSSR count). The van der Waals surface area contributed by atoms with Crippen molar-refractivity contribution < 1.29 is 46.7 Å². The van der Waals surface area contributed by atoms with E-state index in [1.54, 1.807) is 27.7 Å². The molecule has 17 heteroatoms.